The molecule has 0 aliphatic heterocycles. The van der Waals surface area contributed by atoms with Crippen LogP contribution in [-0.2, 0) is 5.75 Å². The Labute approximate surface area is 164 Å². The summed E-state index contributed by atoms with van der Waals surface area (Å²) in [6.45, 7) is 6.79. The van der Waals surface area contributed by atoms with Gasteiger partial charge in [0.2, 0.25) is 0 Å². The van der Waals surface area contributed by atoms with E-state index in [4.69, 9.17) is 4.98 Å². The number of aromatic nitrogens is 3. The number of thioether (sulfide) groups is 1. The number of pyridine rings is 1. The lowest BCUT2D eigenvalue weighted by Crippen LogP contribution is -2.19. The molecule has 0 saturated carbocycles. The van der Waals surface area contributed by atoms with Gasteiger partial charge in [-0.05, 0) is 48.4 Å². The van der Waals surface area contributed by atoms with Crippen LogP contribution in [0.2, 0.25) is 0 Å². The van der Waals surface area contributed by atoms with Crippen LogP contribution in [0.1, 0.15) is 68.1 Å². The van der Waals surface area contributed by atoms with E-state index in [1.807, 2.05) is 24.3 Å². The largest absolute Gasteiger partial charge is 0.341 e. The number of hydrogen-bond donors (Lipinski definition) is 1. The minimum atomic E-state index is 0.476. The van der Waals surface area contributed by atoms with Crippen LogP contribution >= 0.6 is 11.8 Å². The minimum Gasteiger partial charge on any atom is -0.341 e. The van der Waals surface area contributed by atoms with E-state index in [1.54, 1.807) is 11.8 Å². The first kappa shape index (κ1) is 18.1. The van der Waals surface area contributed by atoms with Crippen LogP contribution in [0.15, 0.2) is 35.4 Å². The summed E-state index contributed by atoms with van der Waals surface area (Å²) in [6.07, 6.45) is 2.35. The predicted octanol–water partition coefficient (Wildman–Crippen LogP) is 5.76. The number of H-pyrrole nitrogens is 1. The molecule has 0 saturated heterocycles. The maximum absolute atomic E-state index is 9.67. The Kier molecular flexibility index (Phi) is 4.92. The second kappa shape index (κ2) is 7.36. The van der Waals surface area contributed by atoms with Crippen molar-refractivity contribution in [2.75, 3.05) is 0 Å². The summed E-state index contributed by atoms with van der Waals surface area (Å²) in [5.41, 5.74) is 5.17. The van der Waals surface area contributed by atoms with Crippen molar-refractivity contribution in [1.29, 1.82) is 5.26 Å². The number of benzene rings is 1. The van der Waals surface area contributed by atoms with Crippen molar-refractivity contribution in [1.82, 2.24) is 15.0 Å². The zero-order valence-corrected chi connectivity index (χ0v) is 16.8. The highest BCUT2D eigenvalue weighted by atomic mass is 32.2. The first-order chi connectivity index (χ1) is 13.1. The third-order valence-corrected chi connectivity index (χ3v) is 6.55. The minimum absolute atomic E-state index is 0.476. The summed E-state index contributed by atoms with van der Waals surface area (Å²) in [5, 5.41) is 10.5. The van der Waals surface area contributed by atoms with E-state index in [1.165, 1.54) is 24.1 Å². The van der Waals surface area contributed by atoms with Crippen molar-refractivity contribution in [2.24, 2.45) is 5.92 Å². The molecule has 2 atom stereocenters. The van der Waals surface area contributed by atoms with Gasteiger partial charge in [-0.25, -0.2) is 9.97 Å². The Bertz CT molecular complexity index is 982. The molecule has 1 aromatic carbocycles. The number of rotatable bonds is 4. The number of imidazole rings is 1. The number of para-hydroxylation sites is 2. The Morgan fingerprint density at radius 2 is 2.07 bits per heavy atom. The lowest BCUT2D eigenvalue weighted by molar-refractivity contribution is 0.398. The molecule has 1 N–H and O–H groups in total. The van der Waals surface area contributed by atoms with Gasteiger partial charge in [-0.2, -0.15) is 5.26 Å². The molecule has 1 aliphatic carbocycles. The SMILES string of the molecule is CC(C)[C@H]1CC[C@@H](C)c2cc(C#N)c(SCc3nc4ccccc4[nH]3)nc21. The van der Waals surface area contributed by atoms with Crippen LogP contribution in [0.3, 0.4) is 0 Å². The molecular formula is C22H24N4S. The normalized spacial score (nSPS) is 19.2. The molecule has 0 fully saturated rings. The number of nitrogens with one attached hydrogen (secondary N) is 1. The average Bonchev–Trinajstić information content (AvgIpc) is 3.08. The van der Waals surface area contributed by atoms with Crippen LogP contribution in [0.25, 0.3) is 11.0 Å². The molecule has 27 heavy (non-hydrogen) atoms. The standard InChI is InChI=1S/C22H24N4S/c1-13(2)16-9-8-14(3)17-10-15(11-23)22(26-21(16)17)27-12-20-24-18-6-4-5-7-19(18)25-20/h4-7,10,13-14,16H,8-9,12H2,1-3H3,(H,24,25)/t14-,16-/m1/s1. The molecule has 1 aliphatic rings. The summed E-state index contributed by atoms with van der Waals surface area (Å²) < 4.78 is 0. The first-order valence-corrected chi connectivity index (χ1v) is 10.6. The topological polar surface area (TPSA) is 65.4 Å². The van der Waals surface area contributed by atoms with E-state index in [9.17, 15) is 5.26 Å². The summed E-state index contributed by atoms with van der Waals surface area (Å²) >= 11 is 1.60. The van der Waals surface area contributed by atoms with E-state index < -0.39 is 0 Å². The fraction of sp³-hybridized carbons (Fsp3) is 0.409. The number of nitrogens with zero attached hydrogens (tertiary/aromatic N) is 3. The molecule has 0 radical (unpaired) electrons. The highest BCUT2D eigenvalue weighted by molar-refractivity contribution is 7.98. The highest BCUT2D eigenvalue weighted by Gasteiger charge is 2.29. The zero-order valence-electron chi connectivity index (χ0n) is 16.0. The van der Waals surface area contributed by atoms with Crippen LogP contribution < -0.4 is 0 Å². The van der Waals surface area contributed by atoms with E-state index in [0.717, 1.165) is 21.9 Å². The van der Waals surface area contributed by atoms with E-state index >= 15 is 0 Å². The van der Waals surface area contributed by atoms with Gasteiger partial charge in [-0.1, -0.05) is 44.7 Å². The summed E-state index contributed by atoms with van der Waals surface area (Å²) in [5.74, 6) is 3.11. The molecule has 0 spiro atoms. The summed E-state index contributed by atoms with van der Waals surface area (Å²) in [7, 11) is 0. The Morgan fingerprint density at radius 1 is 1.26 bits per heavy atom. The fourth-order valence-electron chi connectivity index (χ4n) is 3.99. The molecular weight excluding hydrogens is 352 g/mol. The molecule has 2 aromatic heterocycles. The molecule has 0 amide bonds. The fourth-order valence-corrected chi connectivity index (χ4v) is 4.82. The third kappa shape index (κ3) is 3.46. The molecule has 5 heteroatoms. The van der Waals surface area contributed by atoms with Crippen molar-refractivity contribution >= 4 is 22.8 Å². The van der Waals surface area contributed by atoms with Gasteiger partial charge in [0.25, 0.3) is 0 Å². The van der Waals surface area contributed by atoms with E-state index in [0.29, 0.717) is 29.1 Å². The second-order valence-electron chi connectivity index (χ2n) is 7.75. The number of fused-ring (bicyclic) bond motifs is 2. The van der Waals surface area contributed by atoms with Crippen molar-refractivity contribution in [2.45, 2.75) is 56.2 Å². The van der Waals surface area contributed by atoms with Gasteiger partial charge in [-0.3, -0.25) is 0 Å². The average molecular weight is 377 g/mol. The molecule has 4 rings (SSSR count). The molecule has 0 bridgehead atoms. The molecule has 2 heterocycles. The maximum atomic E-state index is 9.67. The third-order valence-electron chi connectivity index (χ3n) is 5.55. The smallest absolute Gasteiger partial charge is 0.117 e. The Balaban J connectivity index is 1.65. The number of aromatic amines is 1. The van der Waals surface area contributed by atoms with Gasteiger partial charge in [0.05, 0.1) is 22.3 Å². The van der Waals surface area contributed by atoms with Crippen LogP contribution in [0.5, 0.6) is 0 Å². The monoisotopic (exact) mass is 376 g/mol. The van der Waals surface area contributed by atoms with Gasteiger partial charge in [0.1, 0.15) is 16.9 Å². The molecule has 0 unspecified atom stereocenters. The van der Waals surface area contributed by atoms with Gasteiger partial charge in [0.15, 0.2) is 0 Å². The first-order valence-electron chi connectivity index (χ1n) is 9.58. The number of nitriles is 1. The lowest BCUT2D eigenvalue weighted by Gasteiger charge is -2.31. The summed E-state index contributed by atoms with van der Waals surface area (Å²) in [6, 6.07) is 12.5. The van der Waals surface area contributed by atoms with Crippen LogP contribution in [-0.4, -0.2) is 15.0 Å². The maximum Gasteiger partial charge on any atom is 0.117 e. The van der Waals surface area contributed by atoms with Crippen molar-refractivity contribution in [3.05, 3.63) is 53.0 Å². The predicted molar refractivity (Wildman–Crippen MR) is 110 cm³/mol. The van der Waals surface area contributed by atoms with Crippen molar-refractivity contribution in [3.63, 3.8) is 0 Å². The number of hydrogen-bond acceptors (Lipinski definition) is 4. The van der Waals surface area contributed by atoms with E-state index in [-0.39, 0.29) is 0 Å². The quantitative estimate of drug-likeness (QED) is 0.588. The van der Waals surface area contributed by atoms with Gasteiger partial charge < -0.3 is 4.98 Å². The Morgan fingerprint density at radius 3 is 2.81 bits per heavy atom. The zero-order chi connectivity index (χ0) is 19.0. The Hall–Kier alpha value is -2.32. The van der Waals surface area contributed by atoms with E-state index in [2.05, 4.69) is 42.9 Å². The molecule has 138 valence electrons. The van der Waals surface area contributed by atoms with Crippen LogP contribution in [0.4, 0.5) is 0 Å². The molecule has 4 nitrogen and oxygen atoms in total. The lowest BCUT2D eigenvalue weighted by atomic mass is 9.75. The van der Waals surface area contributed by atoms with Gasteiger partial charge >= 0.3 is 0 Å². The highest BCUT2D eigenvalue weighted by Crippen LogP contribution is 2.43. The molecule has 3 aromatic rings. The van der Waals surface area contributed by atoms with Crippen LogP contribution in [0, 0.1) is 17.2 Å². The second-order valence-corrected chi connectivity index (χ2v) is 8.71. The van der Waals surface area contributed by atoms with Crippen molar-refractivity contribution < 1.29 is 0 Å². The summed E-state index contributed by atoms with van der Waals surface area (Å²) in [4.78, 5) is 13.0. The van der Waals surface area contributed by atoms with Gasteiger partial charge in [-0.15, -0.1) is 0 Å². The van der Waals surface area contributed by atoms with Crippen molar-refractivity contribution in [3.8, 4) is 6.07 Å². The van der Waals surface area contributed by atoms with Gasteiger partial charge in [0, 0.05) is 11.6 Å².